The van der Waals surface area contributed by atoms with E-state index in [2.05, 4.69) is 202 Å². The number of rotatable bonds is 11. The van der Waals surface area contributed by atoms with E-state index >= 15 is 0 Å². The van der Waals surface area contributed by atoms with E-state index in [0.717, 1.165) is 100 Å². The van der Waals surface area contributed by atoms with E-state index in [9.17, 15) is 0 Å². The number of fused-ring (bicyclic) bond motifs is 9. The van der Waals surface area contributed by atoms with Gasteiger partial charge in [-0.05, 0) is 114 Å². The number of benzene rings is 8. The molecule has 366 valence electrons. The molecule has 5 aromatic heterocycles. The fraction of sp³-hybridized carbons (Fsp3) is 0.0435. The Morgan fingerprint density at radius 1 is 0.474 bits per heavy atom. The third kappa shape index (κ3) is 9.01. The topological polar surface area (TPSA) is 65.3 Å². The first kappa shape index (κ1) is 48.3. The maximum absolute atomic E-state index is 5.37. The van der Waals surface area contributed by atoms with Crippen LogP contribution < -0.4 is 0 Å². The molecule has 0 aliphatic carbocycles. The van der Waals surface area contributed by atoms with Gasteiger partial charge in [0.15, 0.2) is 0 Å². The molecule has 13 rings (SSSR count). The molecule has 7 heteroatoms. The molecule has 0 saturated heterocycles. The van der Waals surface area contributed by atoms with Crippen LogP contribution in [0, 0.1) is 0 Å². The molecule has 0 spiro atoms. The van der Waals surface area contributed by atoms with E-state index < -0.39 is 0 Å². The molecule has 0 radical (unpaired) electrons. The number of aliphatic imine (C=N–C) groups is 2. The van der Waals surface area contributed by atoms with Crippen LogP contribution in [-0.4, -0.2) is 36.1 Å². The normalized spacial score (nSPS) is 11.7. The van der Waals surface area contributed by atoms with Gasteiger partial charge in [0.2, 0.25) is 0 Å². The standard InChI is InChI=1S/C63H43N7.C4H6.C2H6/c1-64-54(42-17-5-2-6-18-42)40-55(43-19-7-3-8-20-43)66-41-68-56-26-13-11-23-48(56)50-37-44(30-33-57(50)68)45-31-34-59-51(38-45)49-24-12-14-27-58(49)70(59)62-29-15-25-53(67-62)46-32-35-60-52(39-46)63-61(28-16-36-65-63)69(60)47-21-9-4-10-22-47;1-3-4-2;1-2/h2-40H,1,41H2;3-4H,1-2H2;1-2H3/b54-40-,66-55+;;. The number of nitrogens with zero attached hydrogens (tertiary/aromatic N) is 7. The Morgan fingerprint density at radius 2 is 1.00 bits per heavy atom. The largest absolute Gasteiger partial charge is 0.320 e. The molecular formula is C69H55N7. The average Bonchev–Trinajstić information content (AvgIpc) is 4.13. The average molecular weight is 982 g/mol. The van der Waals surface area contributed by atoms with Crippen LogP contribution in [0.25, 0.3) is 105 Å². The summed E-state index contributed by atoms with van der Waals surface area (Å²) in [5, 5.41) is 5.80. The van der Waals surface area contributed by atoms with Crippen LogP contribution in [0.5, 0.6) is 0 Å². The number of hydrogen-bond donors (Lipinski definition) is 0. The van der Waals surface area contributed by atoms with Gasteiger partial charge in [-0.25, -0.2) is 4.98 Å². The molecule has 0 bridgehead atoms. The molecule has 0 amide bonds. The minimum absolute atomic E-state index is 0.425. The van der Waals surface area contributed by atoms with Gasteiger partial charge in [-0.1, -0.05) is 179 Å². The van der Waals surface area contributed by atoms with Crippen molar-refractivity contribution in [2.75, 3.05) is 0 Å². The van der Waals surface area contributed by atoms with Crippen LogP contribution in [0.4, 0.5) is 0 Å². The van der Waals surface area contributed by atoms with Crippen molar-refractivity contribution < 1.29 is 0 Å². The van der Waals surface area contributed by atoms with Gasteiger partial charge in [-0.15, -0.1) is 0 Å². The quantitative estimate of drug-likeness (QED) is 0.0957. The Bertz CT molecular complexity index is 4320. The SMILES string of the molecule is C=CC=C.C=N/C(=C\C(=N/Cn1c2ccccc2c2cc(-c3ccc4c(c3)c3ccccc3n4-c3cccc(-c4ccc5c(c4)c4ncccc4n5-c4ccccc4)n3)ccc21)c1ccccc1)c1ccccc1.CC. The molecule has 0 aliphatic heterocycles. The zero-order valence-electron chi connectivity index (χ0n) is 42.6. The van der Waals surface area contributed by atoms with Crippen molar-refractivity contribution in [3.8, 4) is 33.9 Å². The number of para-hydroxylation sites is 3. The van der Waals surface area contributed by atoms with E-state index in [-0.39, 0.29) is 0 Å². The highest BCUT2D eigenvalue weighted by molar-refractivity contribution is 6.14. The second-order valence-corrected chi connectivity index (χ2v) is 18.0. The summed E-state index contributed by atoms with van der Waals surface area (Å²) in [5.41, 5.74) is 16.6. The third-order valence-corrected chi connectivity index (χ3v) is 13.7. The minimum Gasteiger partial charge on any atom is -0.320 e. The first-order chi connectivity index (χ1) is 37.6. The molecule has 13 aromatic rings. The van der Waals surface area contributed by atoms with Crippen LogP contribution >= 0.6 is 0 Å². The van der Waals surface area contributed by atoms with Crippen molar-refractivity contribution in [2.45, 2.75) is 20.5 Å². The summed E-state index contributed by atoms with van der Waals surface area (Å²) in [6.45, 7) is 15.1. The van der Waals surface area contributed by atoms with Gasteiger partial charge in [-0.3, -0.25) is 19.5 Å². The van der Waals surface area contributed by atoms with Crippen LogP contribution in [0.3, 0.4) is 0 Å². The smallest absolute Gasteiger partial charge is 0.138 e. The summed E-state index contributed by atoms with van der Waals surface area (Å²) in [5.74, 6) is 0.862. The highest BCUT2D eigenvalue weighted by atomic mass is 15.1. The maximum Gasteiger partial charge on any atom is 0.138 e. The maximum atomic E-state index is 5.37. The van der Waals surface area contributed by atoms with E-state index in [1.165, 1.54) is 21.5 Å². The van der Waals surface area contributed by atoms with E-state index in [1.807, 2.05) is 86.8 Å². The van der Waals surface area contributed by atoms with Crippen LogP contribution in [-0.2, 0) is 6.67 Å². The Morgan fingerprint density at radius 3 is 1.68 bits per heavy atom. The van der Waals surface area contributed by atoms with Crippen molar-refractivity contribution >= 4 is 83.7 Å². The van der Waals surface area contributed by atoms with Gasteiger partial charge in [0.1, 0.15) is 12.5 Å². The van der Waals surface area contributed by atoms with Gasteiger partial charge in [0.05, 0.1) is 55.7 Å². The molecule has 0 aliphatic rings. The monoisotopic (exact) mass is 981 g/mol. The summed E-state index contributed by atoms with van der Waals surface area (Å²) >= 11 is 0. The Hall–Kier alpha value is -9.98. The highest BCUT2D eigenvalue weighted by Gasteiger charge is 2.19. The second kappa shape index (κ2) is 21.6. The summed E-state index contributed by atoms with van der Waals surface area (Å²) in [6.07, 6.45) is 7.19. The van der Waals surface area contributed by atoms with Crippen molar-refractivity contribution in [3.05, 3.63) is 273 Å². The van der Waals surface area contributed by atoms with Crippen molar-refractivity contribution in [2.24, 2.45) is 9.98 Å². The number of allylic oxidation sites excluding steroid dienone is 3. The highest BCUT2D eigenvalue weighted by Crippen LogP contribution is 2.39. The van der Waals surface area contributed by atoms with Gasteiger partial charge in [0, 0.05) is 49.9 Å². The molecule has 0 saturated carbocycles. The van der Waals surface area contributed by atoms with E-state index in [4.69, 9.17) is 15.0 Å². The Labute approximate surface area is 442 Å². The summed E-state index contributed by atoms with van der Waals surface area (Å²) < 4.78 is 6.89. The van der Waals surface area contributed by atoms with Gasteiger partial charge < -0.3 is 9.13 Å². The fourth-order valence-electron chi connectivity index (χ4n) is 10.3. The fourth-order valence-corrected chi connectivity index (χ4v) is 10.3. The van der Waals surface area contributed by atoms with Crippen LogP contribution in [0.1, 0.15) is 25.0 Å². The lowest BCUT2D eigenvalue weighted by molar-refractivity contribution is 0.793. The summed E-state index contributed by atoms with van der Waals surface area (Å²) in [4.78, 5) is 19.9. The van der Waals surface area contributed by atoms with E-state index in [1.54, 1.807) is 12.2 Å². The van der Waals surface area contributed by atoms with Gasteiger partial charge >= 0.3 is 0 Å². The summed E-state index contributed by atoms with van der Waals surface area (Å²) in [7, 11) is 0. The lowest BCUT2D eigenvalue weighted by Gasteiger charge is -2.11. The molecule has 0 fully saturated rings. The predicted octanol–water partition coefficient (Wildman–Crippen LogP) is 17.7. The zero-order chi connectivity index (χ0) is 52.0. The first-order valence-corrected chi connectivity index (χ1v) is 25.6. The van der Waals surface area contributed by atoms with Crippen LogP contribution in [0.15, 0.2) is 272 Å². The molecule has 8 aromatic carbocycles. The van der Waals surface area contributed by atoms with Gasteiger partial charge in [0.25, 0.3) is 0 Å². The van der Waals surface area contributed by atoms with Gasteiger partial charge in [-0.2, -0.15) is 0 Å². The molecule has 0 unspecified atom stereocenters. The molecule has 7 nitrogen and oxygen atoms in total. The predicted molar refractivity (Wildman–Crippen MR) is 323 cm³/mol. The molecule has 76 heavy (non-hydrogen) atoms. The van der Waals surface area contributed by atoms with Crippen LogP contribution in [0.2, 0.25) is 0 Å². The third-order valence-electron chi connectivity index (χ3n) is 13.7. The molecular weight excluding hydrogens is 927 g/mol. The number of pyridine rings is 2. The lowest BCUT2D eigenvalue weighted by atomic mass is 10.0. The number of hydrogen-bond acceptors (Lipinski definition) is 4. The molecule has 5 heterocycles. The number of aromatic nitrogens is 5. The van der Waals surface area contributed by atoms with Crippen molar-refractivity contribution in [1.82, 2.24) is 23.7 Å². The summed E-state index contributed by atoms with van der Waals surface area (Å²) in [6, 6.07) is 78.9. The lowest BCUT2D eigenvalue weighted by Crippen LogP contribution is -2.03. The van der Waals surface area contributed by atoms with Crippen molar-refractivity contribution in [1.29, 1.82) is 0 Å². The zero-order valence-corrected chi connectivity index (χ0v) is 42.6. The Balaban J connectivity index is 0.000000983. The first-order valence-electron chi connectivity index (χ1n) is 25.6. The minimum atomic E-state index is 0.425. The molecule has 0 atom stereocenters. The van der Waals surface area contributed by atoms with E-state index in [0.29, 0.717) is 6.67 Å². The molecule has 0 N–H and O–H groups in total. The Kier molecular flexibility index (Phi) is 13.7. The second-order valence-electron chi connectivity index (χ2n) is 18.0. The van der Waals surface area contributed by atoms with Crippen molar-refractivity contribution in [3.63, 3.8) is 0 Å².